The third-order valence-corrected chi connectivity index (χ3v) is 7.66. The summed E-state index contributed by atoms with van der Waals surface area (Å²) in [5.74, 6) is -7.04. The van der Waals surface area contributed by atoms with Crippen LogP contribution in [0, 0.1) is 23.7 Å². The number of cyclic esters (lactones) is 4. The summed E-state index contributed by atoms with van der Waals surface area (Å²) in [6.45, 7) is 12.4. The van der Waals surface area contributed by atoms with Gasteiger partial charge >= 0.3 is 54.6 Å². The zero-order valence-corrected chi connectivity index (χ0v) is 34.0. The molecule has 9 N–H and O–H groups in total. The first-order valence-corrected chi connectivity index (χ1v) is 17.4. The Hall–Kier alpha value is -3.83. The van der Waals surface area contributed by atoms with E-state index in [0.29, 0.717) is 53.8 Å². The molecule has 2 heterocycles. The molecule has 301 valence electrons. The van der Waals surface area contributed by atoms with Gasteiger partial charge in [0.15, 0.2) is 0 Å². The monoisotopic (exact) mass is 837 g/mol. The van der Waals surface area contributed by atoms with E-state index < -0.39 is 59.5 Å². The number of ether oxygens (including phenoxy) is 2. The number of thiol groups is 1. The van der Waals surface area contributed by atoms with Crippen LogP contribution in [0.15, 0.2) is 26.6 Å². The van der Waals surface area contributed by atoms with Crippen molar-refractivity contribution in [2.75, 3.05) is 39.4 Å². The van der Waals surface area contributed by atoms with E-state index in [9.17, 15) is 43.5 Å². The zero-order valence-electron chi connectivity index (χ0n) is 31.5. The van der Waals surface area contributed by atoms with Crippen molar-refractivity contribution in [2.45, 2.75) is 61.3 Å². The van der Waals surface area contributed by atoms with Gasteiger partial charge in [0.2, 0.25) is 11.8 Å². The summed E-state index contributed by atoms with van der Waals surface area (Å²) in [7, 11) is 7.74. The van der Waals surface area contributed by atoms with Crippen molar-refractivity contribution in [3.05, 3.63) is 22.3 Å². The molecule has 0 saturated heterocycles. The molecule has 0 bridgehead atoms. The summed E-state index contributed by atoms with van der Waals surface area (Å²) in [6, 6.07) is 0. The van der Waals surface area contributed by atoms with Crippen LogP contribution >= 0.6 is 28.7 Å². The van der Waals surface area contributed by atoms with E-state index >= 15 is 0 Å². The second kappa shape index (κ2) is 32.8. The van der Waals surface area contributed by atoms with Crippen LogP contribution in [0.2, 0.25) is 0 Å². The number of alkyl halides is 1. The molecule has 1 radical (unpaired) electrons. The quantitative estimate of drug-likeness (QED) is 0.0274. The minimum atomic E-state index is -1.17. The summed E-state index contributed by atoms with van der Waals surface area (Å²) in [4.78, 5) is 86.5. The molecule has 0 spiro atoms. The van der Waals surface area contributed by atoms with Crippen LogP contribution in [0.25, 0.3) is 0 Å². The predicted octanol–water partition coefficient (Wildman–Crippen LogP) is -1.05. The van der Waals surface area contributed by atoms with Gasteiger partial charge < -0.3 is 57.2 Å². The Morgan fingerprint density at radius 2 is 1.13 bits per heavy atom. The molecular weight excluding hydrogens is 785 g/mol. The van der Waals surface area contributed by atoms with Gasteiger partial charge in [-0.2, -0.15) is 0 Å². The summed E-state index contributed by atoms with van der Waals surface area (Å²) >= 11 is 6.26. The van der Waals surface area contributed by atoms with E-state index in [2.05, 4.69) is 82.9 Å². The number of amides is 2. The molecule has 0 aliphatic carbocycles. The van der Waals surface area contributed by atoms with Crippen molar-refractivity contribution in [3.63, 3.8) is 0 Å². The van der Waals surface area contributed by atoms with Crippen molar-refractivity contribution in [2.24, 2.45) is 39.4 Å². The number of nitrogens with zero attached hydrogens (tertiary/aromatic N) is 1. The van der Waals surface area contributed by atoms with E-state index in [1.807, 2.05) is 0 Å². The number of carboxylic acids is 2. The minimum absolute atomic E-state index is 0.228. The molecule has 4 unspecified atom stereocenters. The summed E-state index contributed by atoms with van der Waals surface area (Å²) < 4.78 is 11.2. The maximum atomic E-state index is 11.4. The molecule has 0 aromatic heterocycles. The number of hydrogen-bond acceptors (Lipinski definition) is 17. The molecule has 4 atom stereocenters. The third kappa shape index (κ3) is 23.5. The van der Waals surface area contributed by atoms with E-state index in [-0.39, 0.29) is 18.5 Å². The number of aliphatic carboxylic acids is 2. The van der Waals surface area contributed by atoms with Gasteiger partial charge in [0, 0.05) is 52.4 Å². The fourth-order valence-electron chi connectivity index (χ4n) is 3.70. The van der Waals surface area contributed by atoms with Crippen molar-refractivity contribution >= 4 is 84.0 Å². The molecule has 22 heteroatoms. The Bertz CT molecular complexity index is 1250. The first kappa shape index (κ1) is 55.9. The molecule has 2 aliphatic heterocycles. The molecular formula is C31H53BBrN7O12S-. The zero-order chi connectivity index (χ0) is 42.4. The topological polar surface area (TPSA) is 311 Å². The van der Waals surface area contributed by atoms with Gasteiger partial charge in [-0.25, -0.2) is 19.2 Å². The maximum absolute atomic E-state index is 11.4. The van der Waals surface area contributed by atoms with Gasteiger partial charge in [-0.3, -0.25) is 14.4 Å². The summed E-state index contributed by atoms with van der Waals surface area (Å²) in [5, 5.41) is 30.5. The standard InChI is InChI=1S/2C9H18N2O3.C6H5BrO3.C6H6O3.CH6N2.BHNS/c2*1-4-7(9(13)14)6(2)8(12)11-5-10-3;1-3-4(2-7)6(9)10-5(3)8;1-3-4(2)6(8)9-5(3)7;2-1-3;1-2-3/h2*6-7,10H,4-5H2,1-3H3,(H,11,12)(H,13,14);2H2,1H3;1-2H3;1-3H2;3H/p-1. The van der Waals surface area contributed by atoms with Crippen LogP contribution in [0.4, 0.5) is 0 Å². The van der Waals surface area contributed by atoms with Crippen molar-refractivity contribution < 1.29 is 58.0 Å². The molecule has 2 aliphatic rings. The normalized spacial score (nSPS) is 14.9. The molecule has 2 amide bonds. The fraction of sp³-hybridized carbons (Fsp3) is 0.613. The number of nitrogens with one attached hydrogen (secondary N) is 4. The Morgan fingerprint density at radius 1 is 0.811 bits per heavy atom. The predicted molar refractivity (Wildman–Crippen MR) is 200 cm³/mol. The summed E-state index contributed by atoms with van der Waals surface area (Å²) in [6.07, 6.45) is 0.861. The van der Waals surface area contributed by atoms with Crippen molar-refractivity contribution in [1.82, 2.24) is 21.3 Å². The van der Waals surface area contributed by atoms with E-state index in [4.69, 9.17) is 5.11 Å². The van der Waals surface area contributed by atoms with Crippen LogP contribution in [0.3, 0.4) is 0 Å². The molecule has 0 fully saturated rings. The van der Waals surface area contributed by atoms with Gasteiger partial charge in [0.1, 0.15) is 0 Å². The van der Waals surface area contributed by atoms with Crippen LogP contribution in [-0.4, -0.2) is 99.8 Å². The number of carboxylic acid groups (broad SMARTS) is 2. The number of hydrogen-bond donors (Lipinski definition) is 8. The SMILES string of the molecule is CC1=C(C)C(=O)OC1=O.CC1=C(CBr)C(=O)OC1=O.CCC(C(=O)O)C(C)C(=O)NCNC.CCC(C(=O)[O-])C(C)C(=O)NCNC.NCN.[B]=NS. The first-order chi connectivity index (χ1) is 24.7. The fourth-order valence-corrected chi connectivity index (χ4v) is 4.35. The van der Waals surface area contributed by atoms with Crippen LogP contribution < -0.4 is 37.8 Å². The van der Waals surface area contributed by atoms with Gasteiger partial charge in [-0.05, 0) is 47.7 Å². The third-order valence-electron chi connectivity index (χ3n) is 7.10. The molecule has 0 aromatic carbocycles. The molecule has 0 aromatic rings. The Labute approximate surface area is 325 Å². The average Bonchev–Trinajstić information content (AvgIpc) is 3.48. The molecule has 19 nitrogen and oxygen atoms in total. The van der Waals surface area contributed by atoms with Gasteiger partial charge in [-0.15, -0.1) is 0 Å². The number of nitrogens with two attached hydrogens (primary N) is 2. The van der Waals surface area contributed by atoms with Gasteiger partial charge in [-0.1, -0.05) is 43.6 Å². The summed E-state index contributed by atoms with van der Waals surface area (Å²) in [5.41, 5.74) is 10.9. The Kier molecular flexibility index (Phi) is 34.6. The molecule has 0 saturated carbocycles. The van der Waals surface area contributed by atoms with E-state index in [1.165, 1.54) is 0 Å². The molecule has 2 rings (SSSR count). The van der Waals surface area contributed by atoms with Crippen LogP contribution in [-0.2, 0) is 47.8 Å². The number of carbonyl (C=O) groups excluding carboxylic acids is 7. The first-order valence-electron chi connectivity index (χ1n) is 15.9. The van der Waals surface area contributed by atoms with Crippen molar-refractivity contribution in [3.8, 4) is 0 Å². The number of esters is 4. The van der Waals surface area contributed by atoms with Gasteiger partial charge in [0.25, 0.3) is 0 Å². The molecule has 53 heavy (non-hydrogen) atoms. The second-order valence-corrected chi connectivity index (χ2v) is 11.4. The van der Waals surface area contributed by atoms with E-state index in [1.54, 1.807) is 62.6 Å². The van der Waals surface area contributed by atoms with Crippen molar-refractivity contribution in [1.29, 1.82) is 0 Å². The second-order valence-electron chi connectivity index (χ2n) is 10.6. The average molecular weight is 839 g/mol. The Morgan fingerprint density at radius 3 is 1.32 bits per heavy atom. The van der Waals surface area contributed by atoms with E-state index in [0.717, 1.165) is 0 Å². The number of rotatable bonds is 13. The Balaban J connectivity index is -0.000000290. The van der Waals surface area contributed by atoms with Crippen LogP contribution in [0.5, 0.6) is 0 Å². The number of carbonyl (C=O) groups is 8. The van der Waals surface area contributed by atoms with Crippen LogP contribution in [0.1, 0.15) is 61.3 Å². The number of halogens is 1. The van der Waals surface area contributed by atoms with Gasteiger partial charge in [0.05, 0.1) is 24.8 Å².